The monoisotopic (exact) mass is 272 g/mol. The minimum atomic E-state index is -0.294. The van der Waals surface area contributed by atoms with Crippen molar-refractivity contribution >= 4 is 5.97 Å². The van der Waals surface area contributed by atoms with Crippen LogP contribution in [-0.2, 0) is 16.0 Å². The third-order valence-electron chi connectivity index (χ3n) is 4.29. The van der Waals surface area contributed by atoms with E-state index in [2.05, 4.69) is 20.4 Å². The van der Waals surface area contributed by atoms with Crippen molar-refractivity contribution in [3.63, 3.8) is 0 Å². The summed E-state index contributed by atoms with van der Waals surface area (Å²) in [5.74, 6) is 0.475. The van der Waals surface area contributed by atoms with Crippen LogP contribution in [0.3, 0.4) is 0 Å². The molecule has 0 heterocycles. The maximum absolute atomic E-state index is 12.1. The van der Waals surface area contributed by atoms with Gasteiger partial charge in [-0.3, -0.25) is 4.79 Å². The molecule has 2 rings (SSSR count). The van der Waals surface area contributed by atoms with Gasteiger partial charge >= 0.3 is 5.97 Å². The van der Waals surface area contributed by atoms with Gasteiger partial charge in [-0.1, -0.05) is 42.5 Å². The molecular formula is C18H24O2. The first kappa shape index (κ1) is 14.8. The standard InChI is InChI=1S/C18H24O2/c1-14(2)16-9-11-18(3,12-10-16)20-17(19)13-15-7-5-4-6-8-15/h4-8,16H,1,9-13H2,2-3H3. The first-order chi connectivity index (χ1) is 9.48. The van der Waals surface area contributed by atoms with Gasteiger partial charge in [0.15, 0.2) is 0 Å². The second kappa shape index (κ2) is 6.25. The van der Waals surface area contributed by atoms with E-state index in [-0.39, 0.29) is 11.6 Å². The highest BCUT2D eigenvalue weighted by Crippen LogP contribution is 2.37. The fourth-order valence-corrected chi connectivity index (χ4v) is 2.90. The second-order valence-electron chi connectivity index (χ2n) is 6.21. The van der Waals surface area contributed by atoms with Crippen LogP contribution in [0.2, 0.25) is 0 Å². The number of allylic oxidation sites excluding steroid dienone is 1. The molecule has 0 bridgehead atoms. The SMILES string of the molecule is C=C(C)C1CCC(C)(OC(=O)Cc2ccccc2)CC1. The van der Waals surface area contributed by atoms with Gasteiger partial charge in [0, 0.05) is 0 Å². The zero-order chi connectivity index (χ0) is 14.6. The molecule has 108 valence electrons. The van der Waals surface area contributed by atoms with Crippen LogP contribution in [0.1, 0.15) is 45.1 Å². The molecule has 0 aromatic heterocycles. The summed E-state index contributed by atoms with van der Waals surface area (Å²) in [6.45, 7) is 8.19. The number of ether oxygens (including phenoxy) is 1. The molecule has 0 spiro atoms. The molecule has 0 saturated heterocycles. The van der Waals surface area contributed by atoms with Crippen LogP contribution in [0.25, 0.3) is 0 Å². The van der Waals surface area contributed by atoms with Crippen LogP contribution in [0.4, 0.5) is 0 Å². The predicted octanol–water partition coefficient (Wildman–Crippen LogP) is 4.30. The van der Waals surface area contributed by atoms with E-state index in [1.807, 2.05) is 30.3 Å². The van der Waals surface area contributed by atoms with E-state index in [4.69, 9.17) is 4.74 Å². The first-order valence-corrected chi connectivity index (χ1v) is 7.40. The molecule has 0 amide bonds. The summed E-state index contributed by atoms with van der Waals surface area (Å²) in [7, 11) is 0. The van der Waals surface area contributed by atoms with Crippen LogP contribution in [0.15, 0.2) is 42.5 Å². The zero-order valence-corrected chi connectivity index (χ0v) is 12.5. The van der Waals surface area contributed by atoms with Gasteiger partial charge in [-0.25, -0.2) is 0 Å². The number of rotatable bonds is 4. The predicted molar refractivity (Wildman–Crippen MR) is 81.4 cm³/mol. The minimum absolute atomic E-state index is 0.118. The molecule has 1 saturated carbocycles. The molecule has 2 nitrogen and oxygen atoms in total. The Hall–Kier alpha value is -1.57. The van der Waals surface area contributed by atoms with Crippen molar-refractivity contribution in [1.29, 1.82) is 0 Å². The van der Waals surface area contributed by atoms with Gasteiger partial charge in [-0.2, -0.15) is 0 Å². The number of benzene rings is 1. The lowest BCUT2D eigenvalue weighted by atomic mass is 9.77. The van der Waals surface area contributed by atoms with Crippen LogP contribution < -0.4 is 0 Å². The Kier molecular flexibility index (Phi) is 4.64. The lowest BCUT2D eigenvalue weighted by molar-refractivity contribution is -0.160. The van der Waals surface area contributed by atoms with Crippen molar-refractivity contribution < 1.29 is 9.53 Å². The molecule has 0 unspecified atom stereocenters. The van der Waals surface area contributed by atoms with Gasteiger partial charge < -0.3 is 4.74 Å². The van der Waals surface area contributed by atoms with Crippen LogP contribution in [-0.4, -0.2) is 11.6 Å². The zero-order valence-electron chi connectivity index (χ0n) is 12.5. The van der Waals surface area contributed by atoms with E-state index in [1.54, 1.807) is 0 Å². The van der Waals surface area contributed by atoms with Crippen molar-refractivity contribution in [2.45, 2.75) is 51.6 Å². The number of carbonyl (C=O) groups excluding carboxylic acids is 1. The largest absolute Gasteiger partial charge is 0.459 e. The van der Waals surface area contributed by atoms with Crippen molar-refractivity contribution in [2.75, 3.05) is 0 Å². The topological polar surface area (TPSA) is 26.3 Å². The highest BCUT2D eigenvalue weighted by molar-refractivity contribution is 5.73. The minimum Gasteiger partial charge on any atom is -0.459 e. The summed E-state index contributed by atoms with van der Waals surface area (Å²) in [4.78, 5) is 12.1. The quantitative estimate of drug-likeness (QED) is 0.603. The average Bonchev–Trinajstić information content (AvgIpc) is 2.39. The number of hydrogen-bond acceptors (Lipinski definition) is 2. The molecule has 0 aliphatic heterocycles. The summed E-state index contributed by atoms with van der Waals surface area (Å²) in [6.07, 6.45) is 4.38. The molecule has 0 N–H and O–H groups in total. The fourth-order valence-electron chi connectivity index (χ4n) is 2.90. The molecule has 1 aromatic rings. The van der Waals surface area contributed by atoms with Crippen molar-refractivity contribution in [3.8, 4) is 0 Å². The third kappa shape index (κ3) is 3.96. The summed E-state index contributed by atoms with van der Waals surface area (Å²) in [5, 5.41) is 0. The number of carbonyl (C=O) groups is 1. The average molecular weight is 272 g/mol. The summed E-state index contributed by atoms with van der Waals surface area (Å²) in [6, 6.07) is 9.77. The molecular weight excluding hydrogens is 248 g/mol. The van der Waals surface area contributed by atoms with Gasteiger partial charge in [-0.15, -0.1) is 0 Å². The Labute approximate surface area is 121 Å². The third-order valence-corrected chi connectivity index (χ3v) is 4.29. The van der Waals surface area contributed by atoms with E-state index < -0.39 is 0 Å². The molecule has 1 aliphatic rings. The first-order valence-electron chi connectivity index (χ1n) is 7.40. The Morgan fingerprint density at radius 3 is 2.45 bits per heavy atom. The summed E-state index contributed by atoms with van der Waals surface area (Å²) < 4.78 is 5.74. The Morgan fingerprint density at radius 2 is 1.90 bits per heavy atom. The second-order valence-corrected chi connectivity index (χ2v) is 6.21. The van der Waals surface area contributed by atoms with Gasteiger partial charge in [-0.05, 0) is 51.0 Å². The highest BCUT2D eigenvalue weighted by atomic mass is 16.6. The van der Waals surface area contributed by atoms with E-state index in [9.17, 15) is 4.79 Å². The normalized spacial score (nSPS) is 26.0. The van der Waals surface area contributed by atoms with E-state index >= 15 is 0 Å². The lowest BCUT2D eigenvalue weighted by Crippen LogP contribution is -2.36. The Balaban J connectivity index is 1.87. The Morgan fingerprint density at radius 1 is 1.30 bits per heavy atom. The molecule has 1 aliphatic carbocycles. The van der Waals surface area contributed by atoms with E-state index in [0.29, 0.717) is 12.3 Å². The van der Waals surface area contributed by atoms with Gasteiger partial charge in [0.1, 0.15) is 5.60 Å². The lowest BCUT2D eigenvalue weighted by Gasteiger charge is -2.37. The number of hydrogen-bond donors (Lipinski definition) is 0. The van der Waals surface area contributed by atoms with Crippen LogP contribution >= 0.6 is 0 Å². The molecule has 2 heteroatoms. The molecule has 1 fully saturated rings. The van der Waals surface area contributed by atoms with Crippen molar-refractivity contribution in [2.24, 2.45) is 5.92 Å². The molecule has 20 heavy (non-hydrogen) atoms. The summed E-state index contributed by atoms with van der Waals surface area (Å²) >= 11 is 0. The summed E-state index contributed by atoms with van der Waals surface area (Å²) in [5.41, 5.74) is 1.97. The van der Waals surface area contributed by atoms with E-state index in [0.717, 1.165) is 31.2 Å². The number of esters is 1. The van der Waals surface area contributed by atoms with E-state index in [1.165, 1.54) is 5.57 Å². The molecule has 1 aromatic carbocycles. The fraction of sp³-hybridized carbons (Fsp3) is 0.500. The molecule has 0 radical (unpaired) electrons. The Bertz CT molecular complexity index is 467. The van der Waals surface area contributed by atoms with Crippen molar-refractivity contribution in [1.82, 2.24) is 0 Å². The van der Waals surface area contributed by atoms with Gasteiger partial charge in [0.2, 0.25) is 0 Å². The highest BCUT2D eigenvalue weighted by Gasteiger charge is 2.34. The van der Waals surface area contributed by atoms with Gasteiger partial charge in [0.25, 0.3) is 0 Å². The maximum atomic E-state index is 12.1. The van der Waals surface area contributed by atoms with Crippen LogP contribution in [0.5, 0.6) is 0 Å². The smallest absolute Gasteiger partial charge is 0.310 e. The van der Waals surface area contributed by atoms with Crippen molar-refractivity contribution in [3.05, 3.63) is 48.0 Å². The van der Waals surface area contributed by atoms with Crippen LogP contribution in [0, 0.1) is 5.92 Å². The van der Waals surface area contributed by atoms with Gasteiger partial charge in [0.05, 0.1) is 6.42 Å². The maximum Gasteiger partial charge on any atom is 0.310 e. The molecule has 0 atom stereocenters.